The molecule has 2 saturated heterocycles. The molecule has 2 aliphatic rings. The number of carbonyl (C=O) groups excluding carboxylic acids is 4. The summed E-state index contributed by atoms with van der Waals surface area (Å²) in [5.41, 5.74) is 0.601. The van der Waals surface area contributed by atoms with Crippen LogP contribution in [0.1, 0.15) is 32.3 Å². The summed E-state index contributed by atoms with van der Waals surface area (Å²) in [5, 5.41) is -0.464. The van der Waals surface area contributed by atoms with Crippen LogP contribution in [0.4, 0.5) is 4.79 Å². The second-order valence-corrected chi connectivity index (χ2v) is 8.33. The molecular weight excluding hydrogens is 408 g/mol. The monoisotopic (exact) mass is 432 g/mol. The number of hydrogen-bond acceptors (Lipinski definition) is 7. The van der Waals surface area contributed by atoms with Gasteiger partial charge in [-0.3, -0.25) is 24.1 Å². The molecule has 2 heterocycles. The number of nitrogens with zero attached hydrogens (tertiary/aromatic N) is 2. The number of carbonyl (C=O) groups is 4. The molecule has 0 aliphatic carbocycles. The van der Waals surface area contributed by atoms with Crippen LogP contribution in [0.2, 0.25) is 0 Å². The summed E-state index contributed by atoms with van der Waals surface area (Å²) >= 11 is 0.796. The molecule has 0 N–H and O–H groups in total. The Labute approximate surface area is 179 Å². The van der Waals surface area contributed by atoms with E-state index in [0.717, 1.165) is 29.5 Å². The van der Waals surface area contributed by atoms with E-state index in [9.17, 15) is 19.2 Å². The number of ether oxygens (including phenoxy) is 2. The summed E-state index contributed by atoms with van der Waals surface area (Å²) in [5.74, 6) is -0.0117. The average molecular weight is 432 g/mol. The van der Waals surface area contributed by atoms with Crippen LogP contribution in [0.5, 0.6) is 11.5 Å². The number of esters is 1. The van der Waals surface area contributed by atoms with E-state index in [1.54, 1.807) is 29.2 Å². The van der Waals surface area contributed by atoms with E-state index in [-0.39, 0.29) is 23.1 Å². The van der Waals surface area contributed by atoms with Gasteiger partial charge in [-0.25, -0.2) is 0 Å². The van der Waals surface area contributed by atoms with Gasteiger partial charge in [0.05, 0.1) is 12.0 Å². The van der Waals surface area contributed by atoms with Gasteiger partial charge in [-0.15, -0.1) is 0 Å². The molecule has 30 heavy (non-hydrogen) atoms. The predicted molar refractivity (Wildman–Crippen MR) is 112 cm³/mol. The number of thioether (sulfide) groups is 1. The van der Waals surface area contributed by atoms with Crippen LogP contribution in [0, 0.1) is 5.92 Å². The third-order valence-corrected chi connectivity index (χ3v) is 5.95. The van der Waals surface area contributed by atoms with E-state index in [4.69, 9.17) is 9.47 Å². The first-order valence-corrected chi connectivity index (χ1v) is 10.5. The summed E-state index contributed by atoms with van der Waals surface area (Å²) in [6.07, 6.45) is 3.41. The summed E-state index contributed by atoms with van der Waals surface area (Å²) in [6.45, 7) is 4.50. The number of methoxy groups -OCH3 is 1. The van der Waals surface area contributed by atoms with Crippen molar-refractivity contribution in [2.45, 2.75) is 26.7 Å². The number of hydrogen-bond donors (Lipinski definition) is 0. The highest BCUT2D eigenvalue weighted by Gasteiger charge is 2.37. The van der Waals surface area contributed by atoms with E-state index in [1.165, 1.54) is 14.0 Å². The van der Waals surface area contributed by atoms with Crippen LogP contribution in [0.15, 0.2) is 23.1 Å². The lowest BCUT2D eigenvalue weighted by Gasteiger charge is -2.31. The highest BCUT2D eigenvalue weighted by Crippen LogP contribution is 2.34. The van der Waals surface area contributed by atoms with Gasteiger partial charge in [-0.2, -0.15) is 0 Å². The maximum atomic E-state index is 12.7. The summed E-state index contributed by atoms with van der Waals surface area (Å²) < 4.78 is 10.3. The van der Waals surface area contributed by atoms with E-state index >= 15 is 0 Å². The average Bonchev–Trinajstić information content (AvgIpc) is 2.96. The molecule has 1 aromatic carbocycles. The molecule has 3 amide bonds. The van der Waals surface area contributed by atoms with Gasteiger partial charge in [0.25, 0.3) is 11.1 Å². The molecule has 0 saturated carbocycles. The molecule has 9 heteroatoms. The molecule has 3 rings (SSSR count). The van der Waals surface area contributed by atoms with Crippen LogP contribution in [-0.2, 0) is 14.4 Å². The highest BCUT2D eigenvalue weighted by molar-refractivity contribution is 8.18. The van der Waals surface area contributed by atoms with Crippen molar-refractivity contribution < 1.29 is 28.7 Å². The van der Waals surface area contributed by atoms with E-state index in [0.29, 0.717) is 30.3 Å². The van der Waals surface area contributed by atoms with Crippen molar-refractivity contribution in [1.29, 1.82) is 0 Å². The first-order valence-electron chi connectivity index (χ1n) is 9.68. The number of piperidine rings is 1. The fourth-order valence-electron chi connectivity index (χ4n) is 3.29. The van der Waals surface area contributed by atoms with Crippen molar-refractivity contribution in [3.8, 4) is 11.5 Å². The summed E-state index contributed by atoms with van der Waals surface area (Å²) in [7, 11) is 1.44. The second kappa shape index (κ2) is 9.34. The Balaban J connectivity index is 1.71. The zero-order valence-electron chi connectivity index (χ0n) is 17.2. The number of rotatable bonds is 5. The van der Waals surface area contributed by atoms with Gasteiger partial charge >= 0.3 is 5.97 Å². The standard InChI is InChI=1S/C21H24N2O6S/c1-13-6-8-22(9-7-13)19(25)12-23-20(26)18(30-21(23)27)11-15-4-5-16(29-14(2)24)17(10-15)28-3/h4-5,10-11,13H,6-9,12H2,1-3H3/b18-11-. The van der Waals surface area contributed by atoms with Crippen LogP contribution in [0.3, 0.4) is 0 Å². The normalized spacial score (nSPS) is 18.8. The van der Waals surface area contributed by atoms with Crippen molar-refractivity contribution in [3.05, 3.63) is 28.7 Å². The molecule has 0 radical (unpaired) electrons. The molecule has 1 aromatic rings. The predicted octanol–water partition coefficient (Wildman–Crippen LogP) is 2.92. The zero-order valence-corrected chi connectivity index (χ0v) is 18.0. The minimum Gasteiger partial charge on any atom is -0.493 e. The van der Waals surface area contributed by atoms with Crippen LogP contribution in [0.25, 0.3) is 6.08 Å². The van der Waals surface area contributed by atoms with Gasteiger partial charge in [-0.05, 0) is 54.3 Å². The lowest BCUT2D eigenvalue weighted by atomic mass is 9.99. The number of benzene rings is 1. The van der Waals surface area contributed by atoms with Gasteiger partial charge in [0.2, 0.25) is 5.91 Å². The second-order valence-electron chi connectivity index (χ2n) is 7.34. The Morgan fingerprint density at radius 1 is 1.20 bits per heavy atom. The Kier molecular flexibility index (Phi) is 6.81. The number of imide groups is 1. The highest BCUT2D eigenvalue weighted by atomic mass is 32.2. The third-order valence-electron chi connectivity index (χ3n) is 5.04. The fraction of sp³-hybridized carbons (Fsp3) is 0.429. The Bertz CT molecular complexity index is 905. The Hall–Kier alpha value is -2.81. The van der Waals surface area contributed by atoms with Crippen molar-refractivity contribution >= 4 is 40.9 Å². The summed E-state index contributed by atoms with van der Waals surface area (Å²) in [4.78, 5) is 51.6. The number of amides is 3. The van der Waals surface area contributed by atoms with Gasteiger partial charge in [0.15, 0.2) is 11.5 Å². The maximum absolute atomic E-state index is 12.7. The van der Waals surface area contributed by atoms with Crippen LogP contribution in [-0.4, -0.2) is 59.6 Å². The van der Waals surface area contributed by atoms with Gasteiger partial charge in [0, 0.05) is 20.0 Å². The molecule has 160 valence electrons. The molecule has 2 aliphatic heterocycles. The molecule has 0 spiro atoms. The van der Waals surface area contributed by atoms with Crippen LogP contribution < -0.4 is 9.47 Å². The molecule has 0 unspecified atom stereocenters. The minimum atomic E-state index is -0.494. The molecule has 0 aromatic heterocycles. The lowest BCUT2D eigenvalue weighted by molar-refractivity contribution is -0.136. The molecule has 0 atom stereocenters. The van der Waals surface area contributed by atoms with E-state index < -0.39 is 17.1 Å². The van der Waals surface area contributed by atoms with Crippen LogP contribution >= 0.6 is 11.8 Å². The SMILES string of the molecule is COc1cc(/C=C2\SC(=O)N(CC(=O)N3CCC(C)CC3)C2=O)ccc1OC(C)=O. The maximum Gasteiger partial charge on any atom is 0.308 e. The molecule has 0 bridgehead atoms. The van der Waals surface area contributed by atoms with Gasteiger partial charge in [0.1, 0.15) is 6.54 Å². The Morgan fingerprint density at radius 3 is 2.53 bits per heavy atom. The summed E-state index contributed by atoms with van der Waals surface area (Å²) in [6, 6.07) is 4.80. The fourth-order valence-corrected chi connectivity index (χ4v) is 4.13. The third kappa shape index (κ3) is 5.02. The quantitative estimate of drug-likeness (QED) is 0.401. The largest absolute Gasteiger partial charge is 0.493 e. The van der Waals surface area contributed by atoms with Crippen molar-refractivity contribution in [1.82, 2.24) is 9.80 Å². The first-order chi connectivity index (χ1) is 14.3. The topological polar surface area (TPSA) is 93.2 Å². The van der Waals surface area contributed by atoms with E-state index in [1.807, 2.05) is 0 Å². The first kappa shape index (κ1) is 21.9. The van der Waals surface area contributed by atoms with E-state index in [2.05, 4.69) is 6.92 Å². The van der Waals surface area contributed by atoms with Gasteiger partial charge < -0.3 is 14.4 Å². The molecule has 8 nitrogen and oxygen atoms in total. The van der Waals surface area contributed by atoms with Crippen molar-refractivity contribution in [2.24, 2.45) is 5.92 Å². The van der Waals surface area contributed by atoms with Crippen molar-refractivity contribution in [3.63, 3.8) is 0 Å². The van der Waals surface area contributed by atoms with Gasteiger partial charge in [-0.1, -0.05) is 13.0 Å². The smallest absolute Gasteiger partial charge is 0.308 e. The lowest BCUT2D eigenvalue weighted by Crippen LogP contribution is -2.45. The van der Waals surface area contributed by atoms with Crippen molar-refractivity contribution in [2.75, 3.05) is 26.7 Å². The minimum absolute atomic E-state index is 0.210. The molecule has 2 fully saturated rings. The Morgan fingerprint density at radius 2 is 1.90 bits per heavy atom. The zero-order chi connectivity index (χ0) is 21.8. The number of likely N-dealkylation sites (tertiary alicyclic amines) is 1. The molecular formula is C21H24N2O6S.